The number of nitrogens with one attached hydrogen (secondary N) is 1. The molecule has 0 bridgehead atoms. The molecule has 14 heavy (non-hydrogen) atoms. The minimum absolute atomic E-state index is 0.0731. The van der Waals surface area contributed by atoms with Crippen molar-refractivity contribution in [3.63, 3.8) is 0 Å². The number of hydrogen-bond acceptors (Lipinski definition) is 5. The zero-order valence-corrected chi connectivity index (χ0v) is 7.82. The van der Waals surface area contributed by atoms with Crippen LogP contribution in [0.25, 0.3) is 0 Å². The van der Waals surface area contributed by atoms with Crippen molar-refractivity contribution in [1.82, 2.24) is 14.7 Å². The Morgan fingerprint density at radius 1 is 1.43 bits per heavy atom. The summed E-state index contributed by atoms with van der Waals surface area (Å²) in [6.07, 6.45) is -4.42. The quantitative estimate of drug-likeness (QED) is 0.741. The molecule has 0 aromatic carbocycles. The Kier molecular flexibility index (Phi) is 3.78. The van der Waals surface area contributed by atoms with Gasteiger partial charge in [-0.05, 0) is 11.5 Å². The van der Waals surface area contributed by atoms with E-state index in [1.54, 1.807) is 0 Å². The lowest BCUT2D eigenvalue weighted by atomic mass is 10.5. The lowest BCUT2D eigenvalue weighted by molar-refractivity contribution is -0.137. The van der Waals surface area contributed by atoms with Gasteiger partial charge in [-0.15, -0.1) is 0 Å². The molecule has 0 fully saturated rings. The van der Waals surface area contributed by atoms with Crippen LogP contribution >= 0.6 is 11.5 Å². The number of rotatable bonds is 4. The van der Waals surface area contributed by atoms with Crippen LogP contribution in [0.4, 0.5) is 13.2 Å². The first kappa shape index (κ1) is 11.3. The molecule has 0 radical (unpaired) electrons. The number of aliphatic hydroxyl groups excluding tert-OH is 1. The molecule has 1 heterocycles. The Hall–Kier alpha value is -0.730. The zero-order valence-electron chi connectivity index (χ0n) is 7.01. The van der Waals surface area contributed by atoms with Crippen molar-refractivity contribution in [3.05, 3.63) is 10.8 Å². The van der Waals surface area contributed by atoms with Gasteiger partial charge in [0, 0.05) is 6.54 Å². The average Bonchev–Trinajstić information content (AvgIpc) is 2.52. The molecule has 2 N–H and O–H groups in total. The van der Waals surface area contributed by atoms with Crippen molar-refractivity contribution in [2.75, 3.05) is 13.2 Å². The first-order valence-electron chi connectivity index (χ1n) is 3.75. The molecular formula is C6H8F3N3OS. The lowest BCUT2D eigenvalue weighted by Gasteiger charge is -1.99. The molecule has 0 saturated heterocycles. The molecule has 0 atom stereocenters. The van der Waals surface area contributed by atoms with Gasteiger partial charge in [0.1, 0.15) is 0 Å². The topological polar surface area (TPSA) is 58.0 Å². The van der Waals surface area contributed by atoms with Crippen molar-refractivity contribution < 1.29 is 18.3 Å². The minimum Gasteiger partial charge on any atom is -0.395 e. The number of alkyl halides is 3. The summed E-state index contributed by atoms with van der Waals surface area (Å²) in [5.74, 6) is 0.0933. The third-order valence-corrected chi connectivity index (χ3v) is 2.08. The summed E-state index contributed by atoms with van der Waals surface area (Å²) in [5.41, 5.74) is 0. The standard InChI is InChI=1S/C6H8F3N3OS/c7-6(8,9)5-11-4(12-14-5)3-10-1-2-13/h10,13H,1-3H2. The van der Waals surface area contributed by atoms with E-state index in [9.17, 15) is 13.2 Å². The number of nitrogens with zero attached hydrogens (tertiary/aromatic N) is 2. The lowest BCUT2D eigenvalue weighted by Crippen LogP contribution is -2.18. The highest BCUT2D eigenvalue weighted by molar-refractivity contribution is 7.05. The predicted octanol–water partition coefficient (Wildman–Crippen LogP) is 0.639. The molecule has 1 aromatic rings. The van der Waals surface area contributed by atoms with E-state index in [0.717, 1.165) is 0 Å². The van der Waals surface area contributed by atoms with E-state index in [0.29, 0.717) is 18.1 Å². The number of halogens is 3. The van der Waals surface area contributed by atoms with Gasteiger partial charge in [-0.25, -0.2) is 4.98 Å². The van der Waals surface area contributed by atoms with Gasteiger partial charge in [0.25, 0.3) is 0 Å². The second-order valence-electron chi connectivity index (χ2n) is 2.41. The molecule has 1 rings (SSSR count). The Morgan fingerprint density at radius 3 is 2.64 bits per heavy atom. The summed E-state index contributed by atoms with van der Waals surface area (Å²) in [5, 5.41) is 10.1. The van der Waals surface area contributed by atoms with E-state index in [4.69, 9.17) is 5.11 Å². The van der Waals surface area contributed by atoms with E-state index in [-0.39, 0.29) is 19.0 Å². The van der Waals surface area contributed by atoms with Crippen LogP contribution in [-0.4, -0.2) is 27.6 Å². The summed E-state index contributed by atoms with van der Waals surface area (Å²) in [6, 6.07) is 0. The highest BCUT2D eigenvalue weighted by Crippen LogP contribution is 2.30. The first-order valence-corrected chi connectivity index (χ1v) is 4.52. The first-order chi connectivity index (χ1) is 6.54. The fourth-order valence-corrected chi connectivity index (χ4v) is 1.27. The SMILES string of the molecule is OCCNCc1nsc(C(F)(F)F)n1. The number of aromatic nitrogens is 2. The van der Waals surface area contributed by atoms with Crippen LogP contribution in [0.5, 0.6) is 0 Å². The molecule has 0 unspecified atom stereocenters. The van der Waals surface area contributed by atoms with Crippen molar-refractivity contribution >= 4 is 11.5 Å². The van der Waals surface area contributed by atoms with Crippen LogP contribution in [0, 0.1) is 0 Å². The maximum absolute atomic E-state index is 12.0. The Morgan fingerprint density at radius 2 is 2.14 bits per heavy atom. The number of aliphatic hydroxyl groups is 1. The van der Waals surface area contributed by atoms with Gasteiger partial charge >= 0.3 is 6.18 Å². The van der Waals surface area contributed by atoms with Crippen molar-refractivity contribution in [2.45, 2.75) is 12.7 Å². The molecule has 8 heteroatoms. The molecular weight excluding hydrogens is 219 g/mol. The van der Waals surface area contributed by atoms with E-state index < -0.39 is 11.2 Å². The van der Waals surface area contributed by atoms with Gasteiger partial charge in [0.2, 0.25) is 5.01 Å². The van der Waals surface area contributed by atoms with Crippen molar-refractivity contribution in [2.24, 2.45) is 0 Å². The summed E-state index contributed by atoms with van der Waals surface area (Å²) >= 11 is 0.326. The Labute approximate surface area is 82.0 Å². The normalized spacial score (nSPS) is 12.0. The Balaban J connectivity index is 2.51. The van der Waals surface area contributed by atoms with Gasteiger partial charge < -0.3 is 10.4 Å². The monoisotopic (exact) mass is 227 g/mol. The average molecular weight is 227 g/mol. The zero-order chi connectivity index (χ0) is 10.6. The molecule has 0 spiro atoms. The third kappa shape index (κ3) is 3.20. The largest absolute Gasteiger partial charge is 0.444 e. The van der Waals surface area contributed by atoms with E-state index >= 15 is 0 Å². The molecule has 0 amide bonds. The summed E-state index contributed by atoms with van der Waals surface area (Å²) in [7, 11) is 0. The Bertz CT molecular complexity index is 288. The summed E-state index contributed by atoms with van der Waals surface area (Å²) < 4.78 is 39.6. The van der Waals surface area contributed by atoms with Crippen molar-refractivity contribution in [1.29, 1.82) is 0 Å². The predicted molar refractivity (Wildman–Crippen MR) is 43.7 cm³/mol. The van der Waals surface area contributed by atoms with E-state index in [1.165, 1.54) is 0 Å². The highest BCUT2D eigenvalue weighted by Gasteiger charge is 2.35. The minimum atomic E-state index is -4.42. The van der Waals surface area contributed by atoms with E-state index in [1.807, 2.05) is 0 Å². The molecule has 0 aliphatic rings. The molecule has 1 aromatic heterocycles. The number of hydrogen-bond donors (Lipinski definition) is 2. The molecule has 0 saturated carbocycles. The van der Waals surface area contributed by atoms with E-state index in [2.05, 4.69) is 14.7 Å². The van der Waals surface area contributed by atoms with Crippen LogP contribution in [0.3, 0.4) is 0 Å². The fourth-order valence-electron chi connectivity index (χ4n) is 0.720. The maximum atomic E-state index is 12.0. The van der Waals surface area contributed by atoms with Gasteiger partial charge in [-0.3, -0.25) is 0 Å². The van der Waals surface area contributed by atoms with Crippen LogP contribution in [-0.2, 0) is 12.7 Å². The van der Waals surface area contributed by atoms with Crippen LogP contribution in [0.2, 0.25) is 0 Å². The molecule has 0 aliphatic heterocycles. The summed E-state index contributed by atoms with van der Waals surface area (Å²) in [6.45, 7) is 0.365. The molecule has 4 nitrogen and oxygen atoms in total. The summed E-state index contributed by atoms with van der Waals surface area (Å²) in [4.78, 5) is 3.29. The van der Waals surface area contributed by atoms with Crippen LogP contribution in [0.1, 0.15) is 10.8 Å². The van der Waals surface area contributed by atoms with Gasteiger partial charge in [-0.2, -0.15) is 17.5 Å². The van der Waals surface area contributed by atoms with Crippen LogP contribution < -0.4 is 5.32 Å². The second-order valence-corrected chi connectivity index (χ2v) is 3.17. The van der Waals surface area contributed by atoms with Gasteiger partial charge in [0.15, 0.2) is 5.82 Å². The fraction of sp³-hybridized carbons (Fsp3) is 0.667. The second kappa shape index (κ2) is 4.67. The maximum Gasteiger partial charge on any atom is 0.444 e. The van der Waals surface area contributed by atoms with Gasteiger partial charge in [-0.1, -0.05) is 0 Å². The van der Waals surface area contributed by atoms with Crippen molar-refractivity contribution in [3.8, 4) is 0 Å². The molecule has 80 valence electrons. The van der Waals surface area contributed by atoms with Gasteiger partial charge in [0.05, 0.1) is 13.2 Å². The smallest absolute Gasteiger partial charge is 0.395 e. The van der Waals surface area contributed by atoms with Crippen LogP contribution in [0.15, 0.2) is 0 Å². The highest BCUT2D eigenvalue weighted by atomic mass is 32.1. The third-order valence-electron chi connectivity index (χ3n) is 1.28. The molecule has 0 aliphatic carbocycles.